The van der Waals surface area contributed by atoms with Crippen LogP contribution in [-0.4, -0.2) is 26.5 Å². The molecule has 0 radical (unpaired) electrons. The molecule has 0 saturated carbocycles. The lowest BCUT2D eigenvalue weighted by Crippen LogP contribution is -2.25. The zero-order valence-corrected chi connectivity index (χ0v) is 11.2. The van der Waals surface area contributed by atoms with Crippen molar-refractivity contribution in [3.63, 3.8) is 0 Å². The number of hydrogen-bond acceptors (Lipinski definition) is 3. The van der Waals surface area contributed by atoms with Gasteiger partial charge in [-0.3, -0.25) is 0 Å². The molecule has 1 atom stereocenters. The first kappa shape index (κ1) is 12.1. The Bertz CT molecular complexity index is 473. The number of hydrogen-bond donors (Lipinski definition) is 1. The average Bonchev–Trinajstić information content (AvgIpc) is 2.39. The maximum Gasteiger partial charge on any atom is 0.152 e. The number of rotatable bonds is 1. The average molecular weight is 304 g/mol. The van der Waals surface area contributed by atoms with Crippen LogP contribution in [0.2, 0.25) is 0 Å². The van der Waals surface area contributed by atoms with Gasteiger partial charge in [0.25, 0.3) is 0 Å². The standard InChI is InChI=1S/C11H14BrNO2S/c12-10-4-1-3-9(7-10)11-8-16(14,15)6-2-5-13-11/h1,3-4,7,11,13H,2,5-6,8H2. The third kappa shape index (κ3) is 3.06. The highest BCUT2D eigenvalue weighted by Gasteiger charge is 2.23. The quantitative estimate of drug-likeness (QED) is 0.862. The molecule has 1 aliphatic rings. The summed E-state index contributed by atoms with van der Waals surface area (Å²) in [7, 11) is -2.91. The Hall–Kier alpha value is -0.390. The molecule has 1 heterocycles. The van der Waals surface area contributed by atoms with Gasteiger partial charge in [0.15, 0.2) is 9.84 Å². The summed E-state index contributed by atoms with van der Waals surface area (Å²) in [6, 6.07) is 7.72. The molecule has 2 rings (SSSR count). The van der Waals surface area contributed by atoms with Crippen LogP contribution in [0.4, 0.5) is 0 Å². The minimum absolute atomic E-state index is 0.0787. The predicted molar refractivity (Wildman–Crippen MR) is 68.2 cm³/mol. The fourth-order valence-electron chi connectivity index (χ4n) is 1.90. The molecule has 0 amide bonds. The molecule has 1 N–H and O–H groups in total. The van der Waals surface area contributed by atoms with Crippen molar-refractivity contribution in [2.75, 3.05) is 18.1 Å². The summed E-state index contributed by atoms with van der Waals surface area (Å²) in [6.45, 7) is 0.760. The normalized spacial score (nSPS) is 24.9. The molecule has 1 saturated heterocycles. The number of halogens is 1. The third-order valence-corrected chi connectivity index (χ3v) is 4.94. The van der Waals surface area contributed by atoms with E-state index in [9.17, 15) is 8.42 Å². The van der Waals surface area contributed by atoms with Gasteiger partial charge in [0.05, 0.1) is 11.5 Å². The fraction of sp³-hybridized carbons (Fsp3) is 0.455. The van der Waals surface area contributed by atoms with Crippen molar-refractivity contribution in [1.29, 1.82) is 0 Å². The molecule has 16 heavy (non-hydrogen) atoms. The molecule has 1 unspecified atom stereocenters. The van der Waals surface area contributed by atoms with Crippen LogP contribution in [0.1, 0.15) is 18.0 Å². The van der Waals surface area contributed by atoms with Gasteiger partial charge < -0.3 is 5.32 Å². The zero-order valence-electron chi connectivity index (χ0n) is 8.82. The second kappa shape index (κ2) is 4.85. The summed E-state index contributed by atoms with van der Waals surface area (Å²) >= 11 is 3.40. The minimum atomic E-state index is -2.91. The Morgan fingerprint density at radius 2 is 2.19 bits per heavy atom. The van der Waals surface area contributed by atoms with E-state index in [2.05, 4.69) is 21.2 Å². The van der Waals surface area contributed by atoms with Crippen LogP contribution in [0.3, 0.4) is 0 Å². The van der Waals surface area contributed by atoms with Gasteiger partial charge in [0.1, 0.15) is 0 Å². The number of sulfone groups is 1. The van der Waals surface area contributed by atoms with Crippen LogP contribution in [0.25, 0.3) is 0 Å². The monoisotopic (exact) mass is 303 g/mol. The summed E-state index contributed by atoms with van der Waals surface area (Å²) < 4.78 is 24.4. The van der Waals surface area contributed by atoms with Gasteiger partial charge in [0.2, 0.25) is 0 Å². The number of benzene rings is 1. The highest BCUT2D eigenvalue weighted by atomic mass is 79.9. The van der Waals surface area contributed by atoms with E-state index in [-0.39, 0.29) is 11.8 Å². The largest absolute Gasteiger partial charge is 0.309 e. The molecule has 0 spiro atoms. The van der Waals surface area contributed by atoms with Crippen molar-refractivity contribution in [3.05, 3.63) is 34.3 Å². The van der Waals surface area contributed by atoms with Gasteiger partial charge in [0, 0.05) is 10.5 Å². The zero-order chi connectivity index (χ0) is 11.6. The van der Waals surface area contributed by atoms with E-state index in [1.54, 1.807) is 0 Å². The Labute approximate surface area is 104 Å². The third-order valence-electron chi connectivity index (χ3n) is 2.69. The Balaban J connectivity index is 2.26. The van der Waals surface area contributed by atoms with E-state index in [0.717, 1.165) is 16.6 Å². The predicted octanol–water partition coefficient (Wildman–Crippen LogP) is 1.90. The highest BCUT2D eigenvalue weighted by molar-refractivity contribution is 9.10. The van der Waals surface area contributed by atoms with Crippen LogP contribution in [-0.2, 0) is 9.84 Å². The van der Waals surface area contributed by atoms with E-state index in [4.69, 9.17) is 0 Å². The van der Waals surface area contributed by atoms with Gasteiger partial charge in [-0.15, -0.1) is 0 Å². The van der Waals surface area contributed by atoms with Gasteiger partial charge in [-0.2, -0.15) is 0 Å². The van der Waals surface area contributed by atoms with Gasteiger partial charge in [-0.05, 0) is 30.7 Å². The summed E-state index contributed by atoms with van der Waals surface area (Å²) in [5, 5.41) is 3.28. The maximum absolute atomic E-state index is 11.7. The van der Waals surface area contributed by atoms with Crippen LogP contribution in [0.5, 0.6) is 0 Å². The molecular formula is C11H14BrNO2S. The Morgan fingerprint density at radius 1 is 1.38 bits per heavy atom. The molecule has 3 nitrogen and oxygen atoms in total. The molecule has 0 aliphatic carbocycles. The fourth-order valence-corrected chi connectivity index (χ4v) is 3.89. The van der Waals surface area contributed by atoms with Crippen LogP contribution in [0.15, 0.2) is 28.7 Å². The van der Waals surface area contributed by atoms with Crippen molar-refractivity contribution in [3.8, 4) is 0 Å². The van der Waals surface area contributed by atoms with Gasteiger partial charge in [-0.25, -0.2) is 8.42 Å². The van der Waals surface area contributed by atoms with Crippen molar-refractivity contribution in [2.45, 2.75) is 12.5 Å². The van der Waals surface area contributed by atoms with Crippen LogP contribution in [0, 0.1) is 0 Å². The van der Waals surface area contributed by atoms with Crippen LogP contribution >= 0.6 is 15.9 Å². The molecular weight excluding hydrogens is 290 g/mol. The lowest BCUT2D eigenvalue weighted by Gasteiger charge is -2.15. The van der Waals surface area contributed by atoms with E-state index in [1.807, 2.05) is 24.3 Å². The van der Waals surface area contributed by atoms with Crippen molar-refractivity contribution < 1.29 is 8.42 Å². The van der Waals surface area contributed by atoms with E-state index < -0.39 is 9.84 Å². The summed E-state index contributed by atoms with van der Waals surface area (Å²) in [5.74, 6) is 0.494. The molecule has 1 aliphatic heterocycles. The highest BCUT2D eigenvalue weighted by Crippen LogP contribution is 2.21. The molecule has 0 bridgehead atoms. The summed E-state index contributed by atoms with van der Waals surface area (Å²) in [6.07, 6.45) is 0.701. The first-order valence-corrected chi connectivity index (χ1v) is 7.87. The lowest BCUT2D eigenvalue weighted by atomic mass is 10.1. The van der Waals surface area contributed by atoms with E-state index in [0.29, 0.717) is 12.2 Å². The van der Waals surface area contributed by atoms with Crippen molar-refractivity contribution in [1.82, 2.24) is 5.32 Å². The SMILES string of the molecule is O=S1(=O)CCCNC(c2cccc(Br)c2)C1. The van der Waals surface area contributed by atoms with Gasteiger partial charge >= 0.3 is 0 Å². The Morgan fingerprint density at radius 3 is 2.94 bits per heavy atom. The van der Waals surface area contributed by atoms with E-state index >= 15 is 0 Å². The molecule has 1 aromatic rings. The van der Waals surface area contributed by atoms with Crippen LogP contribution < -0.4 is 5.32 Å². The topological polar surface area (TPSA) is 46.2 Å². The van der Waals surface area contributed by atoms with Gasteiger partial charge in [-0.1, -0.05) is 28.1 Å². The van der Waals surface area contributed by atoms with Crippen molar-refractivity contribution >= 4 is 25.8 Å². The molecule has 5 heteroatoms. The first-order chi connectivity index (χ1) is 7.57. The van der Waals surface area contributed by atoms with Crippen molar-refractivity contribution in [2.24, 2.45) is 0 Å². The second-order valence-corrected chi connectivity index (χ2v) is 7.17. The Kier molecular flexibility index (Phi) is 3.66. The number of nitrogens with one attached hydrogen (secondary N) is 1. The van der Waals surface area contributed by atoms with E-state index in [1.165, 1.54) is 0 Å². The second-order valence-electron chi connectivity index (χ2n) is 4.03. The molecule has 1 aromatic carbocycles. The minimum Gasteiger partial charge on any atom is -0.309 e. The maximum atomic E-state index is 11.7. The first-order valence-electron chi connectivity index (χ1n) is 5.26. The lowest BCUT2D eigenvalue weighted by molar-refractivity contribution is 0.572. The summed E-state index contributed by atoms with van der Waals surface area (Å²) in [4.78, 5) is 0. The molecule has 0 aromatic heterocycles. The smallest absolute Gasteiger partial charge is 0.152 e. The molecule has 1 fully saturated rings. The summed E-state index contributed by atoms with van der Waals surface area (Å²) in [5.41, 5.74) is 1.03. The molecule has 88 valence electrons.